The number of hydrogen-bond acceptors (Lipinski definition) is 2. The molecule has 20 heavy (non-hydrogen) atoms. The highest BCUT2D eigenvalue weighted by molar-refractivity contribution is 6.31. The van der Waals surface area contributed by atoms with Crippen molar-refractivity contribution in [2.45, 2.75) is 6.61 Å². The normalized spacial score (nSPS) is 10.3. The van der Waals surface area contributed by atoms with E-state index in [1.165, 1.54) is 0 Å². The van der Waals surface area contributed by atoms with E-state index in [0.717, 1.165) is 12.1 Å². The van der Waals surface area contributed by atoms with E-state index in [4.69, 9.17) is 27.5 Å². The van der Waals surface area contributed by atoms with E-state index < -0.39 is 23.2 Å². The molecule has 0 spiro atoms. The number of ether oxygens (including phenoxy) is 1. The minimum absolute atomic E-state index is 0.0370. The molecule has 0 aliphatic rings. The standard InChI is InChI=1S/C14H11ClF2N2O/c15-10-4-2-1-3-8(10)7-20-13-11(16)5-9(14(18)19)6-12(13)17/h1-6H,7H2,(H3,18,19). The Labute approximate surface area is 119 Å². The third-order valence-corrected chi connectivity index (χ3v) is 3.01. The van der Waals surface area contributed by atoms with Crippen molar-refractivity contribution in [3.05, 3.63) is 64.2 Å². The molecule has 3 N–H and O–H groups in total. The fourth-order valence-electron chi connectivity index (χ4n) is 1.62. The fourth-order valence-corrected chi connectivity index (χ4v) is 1.81. The van der Waals surface area contributed by atoms with Gasteiger partial charge in [-0.3, -0.25) is 5.41 Å². The molecule has 2 rings (SSSR count). The van der Waals surface area contributed by atoms with Crippen molar-refractivity contribution in [1.29, 1.82) is 5.41 Å². The number of rotatable bonds is 4. The second-order valence-electron chi connectivity index (χ2n) is 4.06. The van der Waals surface area contributed by atoms with Crippen molar-refractivity contribution >= 4 is 17.4 Å². The summed E-state index contributed by atoms with van der Waals surface area (Å²) in [6, 6.07) is 8.75. The third kappa shape index (κ3) is 3.05. The van der Waals surface area contributed by atoms with Crippen LogP contribution in [0.3, 0.4) is 0 Å². The van der Waals surface area contributed by atoms with Crippen LogP contribution in [0.15, 0.2) is 36.4 Å². The second-order valence-corrected chi connectivity index (χ2v) is 4.47. The van der Waals surface area contributed by atoms with Crippen molar-refractivity contribution < 1.29 is 13.5 Å². The van der Waals surface area contributed by atoms with E-state index in [0.29, 0.717) is 10.6 Å². The van der Waals surface area contributed by atoms with Gasteiger partial charge in [0, 0.05) is 16.1 Å². The molecule has 0 bridgehead atoms. The lowest BCUT2D eigenvalue weighted by Crippen LogP contribution is -2.12. The van der Waals surface area contributed by atoms with Crippen molar-refractivity contribution in [2.75, 3.05) is 0 Å². The number of nitrogen functional groups attached to an aromatic ring is 1. The molecule has 2 aromatic carbocycles. The summed E-state index contributed by atoms with van der Waals surface area (Å²) in [4.78, 5) is 0. The van der Waals surface area contributed by atoms with Crippen LogP contribution >= 0.6 is 11.6 Å². The first-order valence-electron chi connectivity index (χ1n) is 5.68. The maximum Gasteiger partial charge on any atom is 0.191 e. The van der Waals surface area contributed by atoms with Crippen molar-refractivity contribution in [1.82, 2.24) is 0 Å². The molecule has 0 radical (unpaired) electrons. The Morgan fingerprint density at radius 2 is 1.80 bits per heavy atom. The maximum atomic E-state index is 13.7. The molecule has 0 aliphatic carbocycles. The Morgan fingerprint density at radius 3 is 2.35 bits per heavy atom. The maximum absolute atomic E-state index is 13.7. The molecule has 104 valence electrons. The lowest BCUT2D eigenvalue weighted by Gasteiger charge is -2.10. The number of nitrogens with one attached hydrogen (secondary N) is 1. The SMILES string of the molecule is N=C(N)c1cc(F)c(OCc2ccccc2Cl)c(F)c1. The first-order chi connectivity index (χ1) is 9.49. The van der Waals surface area contributed by atoms with Crippen LogP contribution in [0.2, 0.25) is 5.02 Å². The zero-order valence-electron chi connectivity index (χ0n) is 10.3. The van der Waals surface area contributed by atoms with E-state index in [-0.39, 0.29) is 12.2 Å². The van der Waals surface area contributed by atoms with Gasteiger partial charge in [-0.05, 0) is 18.2 Å². The summed E-state index contributed by atoms with van der Waals surface area (Å²) in [5.74, 6) is -2.76. The van der Waals surface area contributed by atoms with Crippen LogP contribution in [0.25, 0.3) is 0 Å². The van der Waals surface area contributed by atoms with E-state index in [2.05, 4.69) is 0 Å². The Kier molecular flexibility index (Phi) is 4.20. The van der Waals surface area contributed by atoms with Gasteiger partial charge in [0.05, 0.1) is 0 Å². The summed E-state index contributed by atoms with van der Waals surface area (Å²) >= 11 is 5.92. The Bertz CT molecular complexity index is 638. The summed E-state index contributed by atoms with van der Waals surface area (Å²) < 4.78 is 32.6. The van der Waals surface area contributed by atoms with Crippen LogP contribution in [-0.4, -0.2) is 5.84 Å². The van der Waals surface area contributed by atoms with Crippen LogP contribution in [0.5, 0.6) is 5.75 Å². The zero-order chi connectivity index (χ0) is 14.7. The molecular formula is C14H11ClF2N2O. The number of amidine groups is 1. The van der Waals surface area contributed by atoms with Crippen molar-refractivity contribution in [3.63, 3.8) is 0 Å². The average molecular weight is 297 g/mol. The predicted octanol–water partition coefficient (Wildman–Crippen LogP) is 3.48. The second kappa shape index (κ2) is 5.88. The predicted molar refractivity (Wildman–Crippen MR) is 73.2 cm³/mol. The van der Waals surface area contributed by atoms with Crippen molar-refractivity contribution in [2.24, 2.45) is 5.73 Å². The smallest absolute Gasteiger partial charge is 0.191 e. The molecule has 0 aromatic heterocycles. The molecule has 0 unspecified atom stereocenters. The molecule has 0 amide bonds. The van der Waals surface area contributed by atoms with E-state index >= 15 is 0 Å². The average Bonchev–Trinajstić information content (AvgIpc) is 2.39. The van der Waals surface area contributed by atoms with E-state index in [1.54, 1.807) is 24.3 Å². The van der Waals surface area contributed by atoms with Gasteiger partial charge in [0.15, 0.2) is 17.4 Å². The zero-order valence-corrected chi connectivity index (χ0v) is 11.0. The summed E-state index contributed by atoms with van der Waals surface area (Å²) in [7, 11) is 0. The molecular weight excluding hydrogens is 286 g/mol. The van der Waals surface area contributed by atoms with Crippen molar-refractivity contribution in [3.8, 4) is 5.75 Å². The topological polar surface area (TPSA) is 59.1 Å². The van der Waals surface area contributed by atoms with Gasteiger partial charge in [0.2, 0.25) is 0 Å². The third-order valence-electron chi connectivity index (χ3n) is 2.64. The van der Waals surface area contributed by atoms with Gasteiger partial charge in [-0.25, -0.2) is 8.78 Å². The molecule has 0 aliphatic heterocycles. The van der Waals surface area contributed by atoms with E-state index in [9.17, 15) is 8.78 Å². The molecule has 6 heteroatoms. The molecule has 0 saturated carbocycles. The van der Waals surface area contributed by atoms with Gasteiger partial charge in [-0.15, -0.1) is 0 Å². The van der Waals surface area contributed by atoms with Gasteiger partial charge >= 0.3 is 0 Å². The van der Waals surface area contributed by atoms with Crippen LogP contribution in [-0.2, 0) is 6.61 Å². The van der Waals surface area contributed by atoms with E-state index in [1.807, 2.05) is 0 Å². The lowest BCUT2D eigenvalue weighted by atomic mass is 10.2. The number of benzene rings is 2. The highest BCUT2D eigenvalue weighted by atomic mass is 35.5. The Hall–Kier alpha value is -2.14. The van der Waals surface area contributed by atoms with Crippen LogP contribution in [0.1, 0.15) is 11.1 Å². The summed E-state index contributed by atoms with van der Waals surface area (Å²) in [5.41, 5.74) is 5.76. The Morgan fingerprint density at radius 1 is 1.20 bits per heavy atom. The molecule has 3 nitrogen and oxygen atoms in total. The van der Waals surface area contributed by atoms with Gasteiger partial charge in [0.1, 0.15) is 12.4 Å². The largest absolute Gasteiger partial charge is 0.483 e. The van der Waals surface area contributed by atoms with Crippen LogP contribution < -0.4 is 10.5 Å². The van der Waals surface area contributed by atoms with Crippen LogP contribution in [0, 0.1) is 17.0 Å². The summed E-state index contributed by atoms with van der Waals surface area (Å²) in [6.07, 6.45) is 0. The monoisotopic (exact) mass is 296 g/mol. The van der Waals surface area contributed by atoms with Crippen LogP contribution in [0.4, 0.5) is 8.78 Å². The first-order valence-corrected chi connectivity index (χ1v) is 6.06. The highest BCUT2D eigenvalue weighted by Gasteiger charge is 2.14. The molecule has 0 atom stereocenters. The van der Waals surface area contributed by atoms with Gasteiger partial charge in [0.25, 0.3) is 0 Å². The first kappa shape index (κ1) is 14.3. The fraction of sp³-hybridized carbons (Fsp3) is 0.0714. The minimum Gasteiger partial charge on any atom is -0.483 e. The number of halogens is 3. The lowest BCUT2D eigenvalue weighted by molar-refractivity contribution is 0.274. The van der Waals surface area contributed by atoms with Gasteiger partial charge in [-0.1, -0.05) is 29.8 Å². The number of hydrogen-bond donors (Lipinski definition) is 2. The molecule has 0 heterocycles. The summed E-state index contributed by atoms with van der Waals surface area (Å²) in [5, 5.41) is 7.60. The molecule has 0 fully saturated rings. The quantitative estimate of drug-likeness (QED) is 0.670. The van der Waals surface area contributed by atoms with Gasteiger partial charge < -0.3 is 10.5 Å². The molecule has 2 aromatic rings. The number of nitrogens with two attached hydrogens (primary N) is 1. The molecule has 0 saturated heterocycles. The van der Waals surface area contributed by atoms with Gasteiger partial charge in [-0.2, -0.15) is 0 Å². The Balaban J connectivity index is 2.22. The minimum atomic E-state index is -0.915. The highest BCUT2D eigenvalue weighted by Crippen LogP contribution is 2.25. The summed E-state index contributed by atoms with van der Waals surface area (Å²) in [6.45, 7) is -0.0626.